The fourth-order valence-corrected chi connectivity index (χ4v) is 3.97. The summed E-state index contributed by atoms with van der Waals surface area (Å²) in [7, 11) is -1.36. The lowest BCUT2D eigenvalue weighted by Crippen LogP contribution is -2.41. The van der Waals surface area contributed by atoms with Crippen molar-refractivity contribution in [3.8, 4) is 0 Å². The van der Waals surface area contributed by atoms with E-state index in [1.54, 1.807) is 13.0 Å². The van der Waals surface area contributed by atoms with E-state index in [-0.39, 0.29) is 5.82 Å². The number of carbonyl (C=O) groups excluding carboxylic acids is 1. The van der Waals surface area contributed by atoms with Crippen molar-refractivity contribution in [2.75, 3.05) is 6.61 Å². The molecule has 0 spiro atoms. The molecule has 0 aliphatic carbocycles. The Labute approximate surface area is 137 Å². The summed E-state index contributed by atoms with van der Waals surface area (Å²) in [5, 5.41) is 0.737. The summed E-state index contributed by atoms with van der Waals surface area (Å²) < 4.78 is 30.5. The molecule has 0 atom stereocenters. The van der Waals surface area contributed by atoms with Crippen LogP contribution in [-0.2, 0) is 18.6 Å². The van der Waals surface area contributed by atoms with E-state index in [0.29, 0.717) is 12.2 Å². The van der Waals surface area contributed by atoms with Gasteiger partial charge >= 0.3 is 5.97 Å². The van der Waals surface area contributed by atoms with Crippen molar-refractivity contribution in [1.29, 1.82) is 0 Å². The number of hydrogen-bond acceptors (Lipinski definition) is 4. The minimum absolute atomic E-state index is 0.292. The van der Waals surface area contributed by atoms with E-state index in [9.17, 15) is 9.18 Å². The maximum Gasteiger partial charge on any atom is 0.330 e. The van der Waals surface area contributed by atoms with Gasteiger partial charge in [0.2, 0.25) is 8.38 Å². The van der Waals surface area contributed by atoms with Gasteiger partial charge in [0.05, 0.1) is 17.8 Å². The Kier molecular flexibility index (Phi) is 5.24. The standard InChI is InChI=1S/C17H22FO4P/c1-6-20-15(19)10-7-12-11-13(18)8-9-14(12)23-21-16(2,3)17(4,5)22-23/h7-11H,6H2,1-5H3/b10-7+. The molecule has 0 saturated carbocycles. The van der Waals surface area contributed by atoms with Crippen LogP contribution in [0.4, 0.5) is 4.39 Å². The van der Waals surface area contributed by atoms with Gasteiger partial charge in [0.15, 0.2) is 0 Å². The SMILES string of the molecule is CCOC(=O)/C=C/c1cc(F)ccc1P1OC(C)(C)C(C)(C)O1. The minimum Gasteiger partial charge on any atom is -0.463 e. The molecule has 1 aromatic rings. The van der Waals surface area contributed by atoms with Gasteiger partial charge in [-0.2, -0.15) is 0 Å². The summed E-state index contributed by atoms with van der Waals surface area (Å²) in [6.07, 6.45) is 2.81. The lowest BCUT2D eigenvalue weighted by molar-refractivity contribution is -0.137. The Morgan fingerprint density at radius 1 is 1.26 bits per heavy atom. The van der Waals surface area contributed by atoms with Crippen LogP contribution in [0.2, 0.25) is 0 Å². The number of esters is 1. The van der Waals surface area contributed by atoms with Gasteiger partial charge in [0, 0.05) is 11.4 Å². The second kappa shape index (κ2) is 6.68. The van der Waals surface area contributed by atoms with E-state index < -0.39 is 25.5 Å². The van der Waals surface area contributed by atoms with Crippen molar-refractivity contribution in [1.82, 2.24) is 0 Å². The van der Waals surface area contributed by atoms with Crippen molar-refractivity contribution >= 4 is 25.7 Å². The lowest BCUT2D eigenvalue weighted by Gasteiger charge is -2.29. The van der Waals surface area contributed by atoms with Gasteiger partial charge in [-0.1, -0.05) is 0 Å². The van der Waals surface area contributed by atoms with Crippen LogP contribution < -0.4 is 5.30 Å². The van der Waals surface area contributed by atoms with Crippen LogP contribution in [-0.4, -0.2) is 23.8 Å². The fourth-order valence-electron chi connectivity index (χ4n) is 1.92. The van der Waals surface area contributed by atoms with Gasteiger partial charge in [-0.3, -0.25) is 0 Å². The van der Waals surface area contributed by atoms with Crippen LogP contribution in [0.3, 0.4) is 0 Å². The molecule has 126 valence electrons. The first-order valence-electron chi connectivity index (χ1n) is 7.49. The van der Waals surface area contributed by atoms with E-state index >= 15 is 0 Å². The molecular formula is C17H22FO4P. The van der Waals surface area contributed by atoms with Crippen LogP contribution in [0.25, 0.3) is 6.08 Å². The Morgan fingerprint density at radius 2 is 1.87 bits per heavy atom. The second-order valence-corrected chi connectivity index (χ2v) is 7.61. The number of ether oxygens (including phenoxy) is 1. The third kappa shape index (κ3) is 3.97. The van der Waals surface area contributed by atoms with Gasteiger partial charge in [0.25, 0.3) is 0 Å². The molecule has 0 aromatic heterocycles. The highest BCUT2D eigenvalue weighted by molar-refractivity contribution is 7.56. The molecule has 0 radical (unpaired) electrons. The monoisotopic (exact) mass is 340 g/mol. The zero-order valence-electron chi connectivity index (χ0n) is 14.1. The smallest absolute Gasteiger partial charge is 0.330 e. The molecule has 6 heteroatoms. The summed E-state index contributed by atoms with van der Waals surface area (Å²) in [4.78, 5) is 11.5. The van der Waals surface area contributed by atoms with Crippen LogP contribution in [0, 0.1) is 5.82 Å². The zero-order chi connectivity index (χ0) is 17.3. The van der Waals surface area contributed by atoms with Crippen LogP contribution in [0.1, 0.15) is 40.2 Å². The van der Waals surface area contributed by atoms with E-state index in [1.165, 1.54) is 24.3 Å². The molecule has 1 heterocycles. The molecule has 0 amide bonds. The molecule has 1 aromatic carbocycles. The lowest BCUT2D eigenvalue weighted by atomic mass is 9.90. The predicted octanol–water partition coefficient (Wildman–Crippen LogP) is 3.94. The molecule has 0 unspecified atom stereocenters. The second-order valence-electron chi connectivity index (χ2n) is 6.25. The first-order chi connectivity index (χ1) is 10.7. The quantitative estimate of drug-likeness (QED) is 0.473. The van der Waals surface area contributed by atoms with Crippen molar-refractivity contribution < 1.29 is 23.0 Å². The van der Waals surface area contributed by atoms with E-state index in [4.69, 9.17) is 13.8 Å². The Bertz CT molecular complexity index is 609. The third-order valence-corrected chi connectivity index (χ3v) is 5.99. The molecule has 1 saturated heterocycles. The minimum atomic E-state index is -1.36. The summed E-state index contributed by atoms with van der Waals surface area (Å²) in [6.45, 7) is 9.88. The molecule has 2 rings (SSSR count). The largest absolute Gasteiger partial charge is 0.463 e. The molecule has 0 N–H and O–H groups in total. The predicted molar refractivity (Wildman–Crippen MR) is 88.9 cm³/mol. The number of halogens is 1. The number of carbonyl (C=O) groups is 1. The average molecular weight is 340 g/mol. The number of benzene rings is 1. The van der Waals surface area contributed by atoms with Crippen LogP contribution in [0.5, 0.6) is 0 Å². The normalized spacial score (nSPS) is 20.1. The van der Waals surface area contributed by atoms with Gasteiger partial charge in [-0.05, 0) is 64.5 Å². The fraction of sp³-hybridized carbons (Fsp3) is 0.471. The van der Waals surface area contributed by atoms with Crippen molar-refractivity contribution in [3.63, 3.8) is 0 Å². The van der Waals surface area contributed by atoms with Gasteiger partial charge in [-0.15, -0.1) is 0 Å². The maximum atomic E-state index is 13.6. The van der Waals surface area contributed by atoms with E-state index in [0.717, 1.165) is 5.30 Å². The first kappa shape index (κ1) is 18.1. The maximum absolute atomic E-state index is 13.6. The van der Waals surface area contributed by atoms with Crippen molar-refractivity contribution in [2.24, 2.45) is 0 Å². The molecule has 1 aliphatic rings. The zero-order valence-corrected chi connectivity index (χ0v) is 14.9. The summed E-state index contributed by atoms with van der Waals surface area (Å²) in [6, 6.07) is 4.37. The van der Waals surface area contributed by atoms with Gasteiger partial charge in [0.1, 0.15) is 5.82 Å². The molecule has 4 nitrogen and oxygen atoms in total. The van der Waals surface area contributed by atoms with Crippen LogP contribution in [0.15, 0.2) is 24.3 Å². The van der Waals surface area contributed by atoms with Crippen molar-refractivity contribution in [2.45, 2.75) is 45.8 Å². The number of hydrogen-bond donors (Lipinski definition) is 0. The molecule has 1 fully saturated rings. The Hall–Kier alpha value is -1.29. The van der Waals surface area contributed by atoms with Gasteiger partial charge < -0.3 is 13.8 Å². The molecular weight excluding hydrogens is 318 g/mol. The first-order valence-corrected chi connectivity index (χ1v) is 8.67. The summed E-state index contributed by atoms with van der Waals surface area (Å²) >= 11 is 0. The summed E-state index contributed by atoms with van der Waals surface area (Å²) in [5.74, 6) is -0.852. The van der Waals surface area contributed by atoms with E-state index in [1.807, 2.05) is 27.7 Å². The number of rotatable bonds is 4. The molecule has 0 bridgehead atoms. The highest BCUT2D eigenvalue weighted by Crippen LogP contribution is 2.57. The highest BCUT2D eigenvalue weighted by atomic mass is 31.2. The Balaban J connectivity index is 2.32. The summed E-state index contributed by atoms with van der Waals surface area (Å²) in [5.41, 5.74) is -0.373. The molecule has 1 aliphatic heterocycles. The van der Waals surface area contributed by atoms with Gasteiger partial charge in [-0.25, -0.2) is 9.18 Å². The highest BCUT2D eigenvalue weighted by Gasteiger charge is 2.50. The Morgan fingerprint density at radius 3 is 2.43 bits per heavy atom. The molecule has 23 heavy (non-hydrogen) atoms. The van der Waals surface area contributed by atoms with E-state index in [2.05, 4.69) is 0 Å². The average Bonchev–Trinajstić information content (AvgIpc) is 2.65. The van der Waals surface area contributed by atoms with Crippen LogP contribution >= 0.6 is 8.38 Å². The third-order valence-electron chi connectivity index (χ3n) is 3.94. The van der Waals surface area contributed by atoms with Crippen molar-refractivity contribution in [3.05, 3.63) is 35.7 Å². The topological polar surface area (TPSA) is 44.8 Å².